The summed E-state index contributed by atoms with van der Waals surface area (Å²) in [6, 6.07) is 5.22. The van der Waals surface area contributed by atoms with Crippen molar-refractivity contribution in [2.24, 2.45) is 5.92 Å². The maximum Gasteiger partial charge on any atom is 0.346 e. The van der Waals surface area contributed by atoms with Crippen molar-refractivity contribution in [2.75, 3.05) is 6.54 Å². The number of likely N-dealkylation sites (tertiary alicyclic amines) is 1. The lowest BCUT2D eigenvalue weighted by molar-refractivity contribution is 0.0700. The molecule has 0 amide bonds. The van der Waals surface area contributed by atoms with Gasteiger partial charge in [0, 0.05) is 34.8 Å². The number of halogens is 1. The molecule has 3 nitrogen and oxygen atoms in total. The van der Waals surface area contributed by atoms with E-state index in [0.717, 1.165) is 13.0 Å². The first kappa shape index (κ1) is 14.5. The van der Waals surface area contributed by atoms with Gasteiger partial charge >= 0.3 is 5.97 Å². The van der Waals surface area contributed by atoms with Crippen LogP contribution in [0, 0.1) is 11.7 Å². The Bertz CT molecular complexity index is 697. The zero-order valence-electron chi connectivity index (χ0n) is 12.1. The fourth-order valence-corrected chi connectivity index (χ4v) is 4.37. The third kappa shape index (κ3) is 2.56. The number of hydrogen-bond donors (Lipinski definition) is 1. The van der Waals surface area contributed by atoms with Crippen LogP contribution in [0.15, 0.2) is 18.2 Å². The number of aromatic carboxylic acids is 1. The van der Waals surface area contributed by atoms with Crippen LogP contribution >= 0.6 is 11.3 Å². The molecule has 1 aromatic heterocycles. The lowest BCUT2D eigenvalue weighted by Gasteiger charge is -2.21. The number of thiophene rings is 1. The molecule has 0 saturated carbocycles. The average molecular weight is 307 g/mol. The highest BCUT2D eigenvalue weighted by molar-refractivity contribution is 7.21. The summed E-state index contributed by atoms with van der Waals surface area (Å²) >= 11 is 1.17. The average Bonchev–Trinajstić information content (AvgIpc) is 2.92. The van der Waals surface area contributed by atoms with E-state index in [4.69, 9.17) is 0 Å². The second-order valence-corrected chi connectivity index (χ2v) is 7.00. The summed E-state index contributed by atoms with van der Waals surface area (Å²) in [6.45, 7) is 5.79. The molecule has 0 aliphatic carbocycles. The van der Waals surface area contributed by atoms with Crippen LogP contribution < -0.4 is 0 Å². The standard InChI is InChI=1S/C16H18FNO2S/c1-9-6-10(2)18(7-9)8-11-14-12(17)4-3-5-13(14)21-15(11)16(19)20/h3-5,9-10H,6-8H2,1-2H3,(H,19,20). The molecule has 0 radical (unpaired) electrons. The quantitative estimate of drug-likeness (QED) is 0.933. The first-order chi connectivity index (χ1) is 9.97. The third-order valence-electron chi connectivity index (χ3n) is 4.23. The van der Waals surface area contributed by atoms with Gasteiger partial charge < -0.3 is 5.11 Å². The van der Waals surface area contributed by atoms with E-state index >= 15 is 0 Å². The molecule has 2 atom stereocenters. The first-order valence-corrected chi connectivity index (χ1v) is 7.96. The van der Waals surface area contributed by atoms with Crippen LogP contribution in [-0.4, -0.2) is 28.6 Å². The van der Waals surface area contributed by atoms with Gasteiger partial charge in [0.1, 0.15) is 10.7 Å². The smallest absolute Gasteiger partial charge is 0.346 e. The normalized spacial score (nSPS) is 23.0. The first-order valence-electron chi connectivity index (χ1n) is 7.14. The molecule has 2 unspecified atom stereocenters. The molecule has 112 valence electrons. The maximum absolute atomic E-state index is 14.2. The molecule has 1 fully saturated rings. The topological polar surface area (TPSA) is 40.5 Å². The monoisotopic (exact) mass is 307 g/mol. The van der Waals surface area contributed by atoms with Gasteiger partial charge in [-0.15, -0.1) is 11.3 Å². The van der Waals surface area contributed by atoms with Gasteiger partial charge in [0.2, 0.25) is 0 Å². The van der Waals surface area contributed by atoms with Gasteiger partial charge in [-0.1, -0.05) is 13.0 Å². The van der Waals surface area contributed by atoms with Gasteiger partial charge in [-0.05, 0) is 31.4 Å². The second-order valence-electron chi connectivity index (χ2n) is 5.95. The summed E-state index contributed by atoms with van der Waals surface area (Å²) < 4.78 is 14.9. The highest BCUT2D eigenvalue weighted by Gasteiger charge is 2.29. The fourth-order valence-electron chi connectivity index (χ4n) is 3.30. The molecule has 1 N–H and O–H groups in total. The van der Waals surface area contributed by atoms with Crippen LogP contribution in [0.25, 0.3) is 10.1 Å². The van der Waals surface area contributed by atoms with Crippen molar-refractivity contribution < 1.29 is 14.3 Å². The second kappa shape index (κ2) is 5.39. The lowest BCUT2D eigenvalue weighted by atomic mass is 10.1. The summed E-state index contributed by atoms with van der Waals surface area (Å²) in [4.78, 5) is 14.0. The predicted molar refractivity (Wildman–Crippen MR) is 82.4 cm³/mol. The zero-order chi connectivity index (χ0) is 15.1. The Kier molecular flexibility index (Phi) is 3.71. The predicted octanol–water partition coefficient (Wildman–Crippen LogP) is 3.97. The lowest BCUT2D eigenvalue weighted by Crippen LogP contribution is -2.27. The van der Waals surface area contributed by atoms with Crippen molar-refractivity contribution in [3.63, 3.8) is 0 Å². The number of carboxylic acid groups (broad SMARTS) is 1. The molecule has 2 aromatic rings. The van der Waals surface area contributed by atoms with Crippen LogP contribution in [0.5, 0.6) is 0 Å². The Labute approximate surface area is 127 Å². The fraction of sp³-hybridized carbons (Fsp3) is 0.438. The van der Waals surface area contributed by atoms with Crippen LogP contribution in [0.4, 0.5) is 4.39 Å². The van der Waals surface area contributed by atoms with Crippen molar-refractivity contribution in [3.05, 3.63) is 34.5 Å². The van der Waals surface area contributed by atoms with Gasteiger partial charge in [0.25, 0.3) is 0 Å². The molecule has 3 rings (SSSR count). The molecule has 1 aliphatic heterocycles. The zero-order valence-corrected chi connectivity index (χ0v) is 12.9. The SMILES string of the molecule is CC1CC(C)N(Cc2c(C(=O)O)sc3cccc(F)c23)C1. The van der Waals surface area contributed by atoms with Crippen molar-refractivity contribution in [2.45, 2.75) is 32.9 Å². The largest absolute Gasteiger partial charge is 0.477 e. The minimum Gasteiger partial charge on any atom is -0.477 e. The number of benzene rings is 1. The number of hydrogen-bond acceptors (Lipinski definition) is 3. The van der Waals surface area contributed by atoms with Crippen LogP contribution in [-0.2, 0) is 6.54 Å². The Morgan fingerprint density at radius 1 is 1.48 bits per heavy atom. The highest BCUT2D eigenvalue weighted by atomic mass is 32.1. The van der Waals surface area contributed by atoms with Crippen molar-refractivity contribution in [1.82, 2.24) is 4.90 Å². The summed E-state index contributed by atoms with van der Waals surface area (Å²) in [7, 11) is 0. The van der Waals surface area contributed by atoms with E-state index in [9.17, 15) is 14.3 Å². The van der Waals surface area contributed by atoms with Crippen molar-refractivity contribution >= 4 is 27.4 Å². The van der Waals surface area contributed by atoms with E-state index in [1.165, 1.54) is 17.4 Å². The van der Waals surface area contributed by atoms with Crippen molar-refractivity contribution in [3.8, 4) is 0 Å². The number of nitrogens with zero attached hydrogens (tertiary/aromatic N) is 1. The molecule has 5 heteroatoms. The molecule has 2 heterocycles. The van der Waals surface area contributed by atoms with Gasteiger partial charge in [-0.3, -0.25) is 4.90 Å². The molecular formula is C16H18FNO2S. The van der Waals surface area contributed by atoms with E-state index in [2.05, 4.69) is 18.7 Å². The van der Waals surface area contributed by atoms with E-state index < -0.39 is 5.97 Å². The maximum atomic E-state index is 14.2. The van der Waals surface area contributed by atoms with Crippen LogP contribution in [0.2, 0.25) is 0 Å². The number of rotatable bonds is 3. The molecule has 0 bridgehead atoms. The summed E-state index contributed by atoms with van der Waals surface area (Å²) in [6.07, 6.45) is 1.10. The summed E-state index contributed by atoms with van der Waals surface area (Å²) in [5, 5.41) is 9.90. The Morgan fingerprint density at radius 3 is 2.86 bits per heavy atom. The van der Waals surface area contributed by atoms with Gasteiger partial charge in [0.05, 0.1) is 0 Å². The molecular weight excluding hydrogens is 289 g/mol. The Hall–Kier alpha value is -1.46. The molecule has 1 aromatic carbocycles. The summed E-state index contributed by atoms with van der Waals surface area (Å²) in [5.41, 5.74) is 0.626. The van der Waals surface area contributed by atoms with E-state index in [0.29, 0.717) is 34.2 Å². The van der Waals surface area contributed by atoms with Crippen molar-refractivity contribution in [1.29, 1.82) is 0 Å². The minimum atomic E-state index is -0.967. The molecule has 21 heavy (non-hydrogen) atoms. The third-order valence-corrected chi connectivity index (χ3v) is 5.42. The molecule has 1 aliphatic rings. The van der Waals surface area contributed by atoms with Gasteiger partial charge in [-0.25, -0.2) is 9.18 Å². The number of carbonyl (C=O) groups is 1. The van der Waals surface area contributed by atoms with Gasteiger partial charge in [-0.2, -0.15) is 0 Å². The van der Waals surface area contributed by atoms with Gasteiger partial charge in [0.15, 0.2) is 0 Å². The van der Waals surface area contributed by atoms with Crippen LogP contribution in [0.1, 0.15) is 35.5 Å². The van der Waals surface area contributed by atoms with E-state index in [-0.39, 0.29) is 10.7 Å². The van der Waals surface area contributed by atoms with E-state index in [1.807, 2.05) is 0 Å². The summed E-state index contributed by atoms with van der Waals surface area (Å²) in [5.74, 6) is -0.695. The van der Waals surface area contributed by atoms with E-state index in [1.54, 1.807) is 12.1 Å². The van der Waals surface area contributed by atoms with Crippen LogP contribution in [0.3, 0.4) is 0 Å². The Morgan fingerprint density at radius 2 is 2.24 bits per heavy atom. The highest BCUT2D eigenvalue weighted by Crippen LogP contribution is 2.36. The minimum absolute atomic E-state index is 0.266. The molecule has 1 saturated heterocycles. The Balaban J connectivity index is 2.07. The number of fused-ring (bicyclic) bond motifs is 1. The molecule has 0 spiro atoms. The number of carboxylic acids is 1.